The molecular weight excluding hydrogens is 204 g/mol. The summed E-state index contributed by atoms with van der Waals surface area (Å²) in [7, 11) is 0. The number of hydrogen-bond donors (Lipinski definition) is 0. The summed E-state index contributed by atoms with van der Waals surface area (Å²) in [5.74, 6) is 0.538. The summed E-state index contributed by atoms with van der Waals surface area (Å²) in [6, 6.07) is 0. The highest BCUT2D eigenvalue weighted by molar-refractivity contribution is 7.17. The van der Waals surface area contributed by atoms with E-state index in [1.807, 2.05) is 11.3 Å². The molecule has 3 rings (SSSR count). The maximum atomic E-state index is 4.70. The van der Waals surface area contributed by atoms with Crippen LogP contribution in [0.1, 0.15) is 48.9 Å². The van der Waals surface area contributed by atoms with E-state index in [0.29, 0.717) is 5.92 Å². The van der Waals surface area contributed by atoms with E-state index in [-0.39, 0.29) is 0 Å². The van der Waals surface area contributed by atoms with E-state index < -0.39 is 0 Å². The highest BCUT2D eigenvalue weighted by Crippen LogP contribution is 2.31. The third-order valence-corrected chi connectivity index (χ3v) is 4.34. The van der Waals surface area contributed by atoms with Gasteiger partial charge < -0.3 is 0 Å². The lowest BCUT2D eigenvalue weighted by Crippen LogP contribution is -2.01. The van der Waals surface area contributed by atoms with Gasteiger partial charge in [-0.25, -0.2) is 4.98 Å². The van der Waals surface area contributed by atoms with E-state index in [1.54, 1.807) is 4.88 Å². The van der Waals surface area contributed by atoms with Gasteiger partial charge in [0, 0.05) is 16.8 Å². The van der Waals surface area contributed by atoms with Gasteiger partial charge in [-0.15, -0.1) is 11.3 Å². The first-order chi connectivity index (χ1) is 7.25. The lowest BCUT2D eigenvalue weighted by atomic mass is 10.0. The molecule has 0 aliphatic heterocycles. The van der Waals surface area contributed by atoms with Crippen molar-refractivity contribution in [2.24, 2.45) is 0 Å². The third kappa shape index (κ3) is 1.41. The molecule has 0 N–H and O–H groups in total. The van der Waals surface area contributed by atoms with Crippen LogP contribution in [0.15, 0.2) is 6.20 Å². The van der Waals surface area contributed by atoms with Crippen LogP contribution in [0.4, 0.5) is 0 Å². The van der Waals surface area contributed by atoms with Gasteiger partial charge >= 0.3 is 0 Å². The molecule has 80 valence electrons. The zero-order valence-corrected chi connectivity index (χ0v) is 10.1. The Bertz CT molecular complexity index is 493. The van der Waals surface area contributed by atoms with Crippen molar-refractivity contribution in [3.05, 3.63) is 22.5 Å². The minimum Gasteiger partial charge on any atom is -0.294 e. The number of aryl methyl sites for hydroxylation is 2. The van der Waals surface area contributed by atoms with Gasteiger partial charge in [-0.1, -0.05) is 13.8 Å². The van der Waals surface area contributed by atoms with E-state index in [4.69, 9.17) is 4.98 Å². The molecule has 0 bridgehead atoms. The monoisotopic (exact) mass is 220 g/mol. The normalized spacial score (nSPS) is 16.2. The van der Waals surface area contributed by atoms with Gasteiger partial charge in [0.05, 0.1) is 5.69 Å². The number of rotatable bonds is 1. The Morgan fingerprint density at radius 2 is 2.13 bits per heavy atom. The largest absolute Gasteiger partial charge is 0.294 e. The van der Waals surface area contributed by atoms with E-state index in [2.05, 4.69) is 24.4 Å². The fraction of sp³-hybridized carbons (Fsp3) is 0.583. The van der Waals surface area contributed by atoms with Gasteiger partial charge in [-0.3, -0.25) is 4.40 Å². The minimum atomic E-state index is 0.538. The fourth-order valence-electron chi connectivity index (χ4n) is 2.26. The molecule has 1 aliphatic rings. The van der Waals surface area contributed by atoms with Gasteiger partial charge in [-0.2, -0.15) is 0 Å². The standard InChI is InChI=1S/C12H16N2S/c1-8(2)9-7-14-10-5-3-4-6-11(10)15-12(14)13-9/h7-8H,3-6H2,1-2H3. The lowest BCUT2D eigenvalue weighted by molar-refractivity contribution is 0.674. The van der Waals surface area contributed by atoms with Crippen LogP contribution >= 0.6 is 11.3 Å². The first kappa shape index (κ1) is 9.40. The van der Waals surface area contributed by atoms with Crippen molar-refractivity contribution in [1.29, 1.82) is 0 Å². The molecule has 0 saturated carbocycles. The average molecular weight is 220 g/mol. The fourth-order valence-corrected chi connectivity index (χ4v) is 3.46. The topological polar surface area (TPSA) is 17.3 Å². The molecule has 0 amide bonds. The Hall–Kier alpha value is -0.830. The Balaban J connectivity index is 2.17. The maximum Gasteiger partial charge on any atom is 0.194 e. The highest BCUT2D eigenvalue weighted by Gasteiger charge is 2.18. The molecule has 0 unspecified atom stereocenters. The van der Waals surface area contributed by atoms with Crippen molar-refractivity contribution < 1.29 is 0 Å². The van der Waals surface area contributed by atoms with E-state index in [0.717, 1.165) is 0 Å². The van der Waals surface area contributed by atoms with Crippen molar-refractivity contribution in [2.45, 2.75) is 45.4 Å². The zero-order valence-electron chi connectivity index (χ0n) is 9.29. The number of fused-ring (bicyclic) bond motifs is 3. The number of thiazole rings is 1. The highest BCUT2D eigenvalue weighted by atomic mass is 32.1. The smallest absolute Gasteiger partial charge is 0.194 e. The summed E-state index contributed by atoms with van der Waals surface area (Å²) in [5, 5.41) is 0. The molecule has 0 fully saturated rings. The molecule has 0 atom stereocenters. The molecule has 15 heavy (non-hydrogen) atoms. The van der Waals surface area contributed by atoms with Crippen LogP contribution in [0.3, 0.4) is 0 Å². The predicted octanol–water partition coefficient (Wildman–Crippen LogP) is 3.40. The van der Waals surface area contributed by atoms with E-state index in [9.17, 15) is 0 Å². The van der Waals surface area contributed by atoms with Crippen LogP contribution in [0.5, 0.6) is 0 Å². The van der Waals surface area contributed by atoms with Crippen LogP contribution in [-0.4, -0.2) is 9.38 Å². The summed E-state index contributed by atoms with van der Waals surface area (Å²) in [4.78, 5) is 7.47. The molecule has 2 heterocycles. The van der Waals surface area contributed by atoms with Crippen LogP contribution in [-0.2, 0) is 12.8 Å². The van der Waals surface area contributed by atoms with Gasteiger partial charge in [0.25, 0.3) is 0 Å². The number of aromatic nitrogens is 2. The molecule has 2 aromatic rings. The molecule has 0 aromatic carbocycles. The van der Waals surface area contributed by atoms with Crippen LogP contribution in [0, 0.1) is 0 Å². The summed E-state index contributed by atoms with van der Waals surface area (Å²) in [6.07, 6.45) is 7.44. The SMILES string of the molecule is CC(C)c1cn2c3c(sc2n1)CCCC3. The molecule has 2 nitrogen and oxygen atoms in total. The molecule has 3 heteroatoms. The molecule has 0 saturated heterocycles. The first-order valence-corrected chi connectivity index (χ1v) is 6.57. The molecule has 2 aromatic heterocycles. The number of nitrogens with zero attached hydrogens (tertiary/aromatic N) is 2. The summed E-state index contributed by atoms with van der Waals surface area (Å²) < 4.78 is 2.33. The predicted molar refractivity (Wildman–Crippen MR) is 63.8 cm³/mol. The number of imidazole rings is 1. The summed E-state index contributed by atoms with van der Waals surface area (Å²) in [6.45, 7) is 4.41. The van der Waals surface area contributed by atoms with Crippen LogP contribution < -0.4 is 0 Å². The summed E-state index contributed by atoms with van der Waals surface area (Å²) >= 11 is 1.89. The van der Waals surface area contributed by atoms with Crippen molar-refractivity contribution in [1.82, 2.24) is 9.38 Å². The van der Waals surface area contributed by atoms with Gasteiger partial charge in [0.1, 0.15) is 0 Å². The summed E-state index contributed by atoms with van der Waals surface area (Å²) in [5.41, 5.74) is 2.76. The molecule has 0 radical (unpaired) electrons. The molecule has 1 aliphatic carbocycles. The molecular formula is C12H16N2S. The van der Waals surface area contributed by atoms with Crippen molar-refractivity contribution in [3.8, 4) is 0 Å². The average Bonchev–Trinajstić information content (AvgIpc) is 2.73. The quantitative estimate of drug-likeness (QED) is 0.720. The Labute approximate surface area is 94.0 Å². The van der Waals surface area contributed by atoms with Gasteiger partial charge in [0.15, 0.2) is 4.96 Å². The molecule has 0 spiro atoms. The zero-order chi connectivity index (χ0) is 10.4. The lowest BCUT2D eigenvalue weighted by Gasteiger charge is -2.09. The third-order valence-electron chi connectivity index (χ3n) is 3.18. The van der Waals surface area contributed by atoms with Gasteiger partial charge in [0.2, 0.25) is 0 Å². The van der Waals surface area contributed by atoms with Crippen LogP contribution in [0.25, 0.3) is 4.96 Å². The Morgan fingerprint density at radius 1 is 1.33 bits per heavy atom. The minimum absolute atomic E-state index is 0.538. The van der Waals surface area contributed by atoms with Crippen molar-refractivity contribution in [3.63, 3.8) is 0 Å². The second kappa shape index (κ2) is 3.34. The van der Waals surface area contributed by atoms with E-state index in [1.165, 1.54) is 42.0 Å². The second-order valence-electron chi connectivity index (χ2n) is 4.65. The van der Waals surface area contributed by atoms with Crippen molar-refractivity contribution >= 4 is 16.3 Å². The van der Waals surface area contributed by atoms with Gasteiger partial charge in [-0.05, 0) is 31.6 Å². The first-order valence-electron chi connectivity index (χ1n) is 5.75. The Kier molecular flexibility index (Phi) is 2.09. The van der Waals surface area contributed by atoms with E-state index >= 15 is 0 Å². The van der Waals surface area contributed by atoms with Crippen molar-refractivity contribution in [2.75, 3.05) is 0 Å². The Morgan fingerprint density at radius 3 is 2.93 bits per heavy atom. The maximum absolute atomic E-state index is 4.70. The van der Waals surface area contributed by atoms with Crippen LogP contribution in [0.2, 0.25) is 0 Å². The second-order valence-corrected chi connectivity index (χ2v) is 5.71. The number of hydrogen-bond acceptors (Lipinski definition) is 2.